The van der Waals surface area contributed by atoms with E-state index >= 15 is 0 Å². The van der Waals surface area contributed by atoms with Gasteiger partial charge in [-0.2, -0.15) is 0 Å². The maximum atomic E-state index is 10.5. The van der Waals surface area contributed by atoms with Gasteiger partial charge in [-0.3, -0.25) is 9.59 Å². The van der Waals surface area contributed by atoms with Gasteiger partial charge in [-0.15, -0.1) is 0 Å². The molecule has 1 saturated carbocycles. The van der Waals surface area contributed by atoms with Crippen molar-refractivity contribution in [2.75, 3.05) is 0 Å². The third-order valence-corrected chi connectivity index (χ3v) is 1.68. The van der Waals surface area contributed by atoms with Crippen LogP contribution in [0.25, 0.3) is 0 Å². The van der Waals surface area contributed by atoms with Crippen LogP contribution in [0.4, 0.5) is 0 Å². The fourth-order valence-electron chi connectivity index (χ4n) is 0.959. The molecule has 0 aromatic rings. The molecule has 3 heteroatoms. The predicted molar refractivity (Wildman–Crippen MR) is 31.5 cm³/mol. The van der Waals surface area contributed by atoms with Gasteiger partial charge >= 0.3 is 0 Å². The Labute approximate surface area is 53.2 Å². The number of amides is 1. The van der Waals surface area contributed by atoms with Crippen LogP contribution in [0.15, 0.2) is 0 Å². The molecule has 1 fully saturated rings. The fraction of sp³-hybridized carbons (Fsp3) is 0.667. The lowest BCUT2D eigenvalue weighted by atomic mass is 10.2. The highest BCUT2D eigenvalue weighted by atomic mass is 16.1. The Morgan fingerprint density at radius 1 is 1.44 bits per heavy atom. The summed E-state index contributed by atoms with van der Waals surface area (Å²) in [5, 5.41) is 0. The average molecular weight is 127 g/mol. The zero-order valence-corrected chi connectivity index (χ0v) is 5.26. The second kappa shape index (κ2) is 1.83. The third kappa shape index (κ3) is 1.09. The van der Waals surface area contributed by atoms with Crippen molar-refractivity contribution in [3.8, 4) is 0 Å². The Hall–Kier alpha value is -0.860. The number of primary amides is 1. The lowest BCUT2D eigenvalue weighted by Crippen LogP contribution is -2.15. The van der Waals surface area contributed by atoms with Crippen LogP contribution in [0.2, 0.25) is 0 Å². The van der Waals surface area contributed by atoms with Gasteiger partial charge in [-0.05, 0) is 13.3 Å². The molecule has 0 aromatic heterocycles. The Morgan fingerprint density at radius 2 is 2.00 bits per heavy atom. The minimum atomic E-state index is -0.338. The number of rotatable bonds is 2. The van der Waals surface area contributed by atoms with Crippen molar-refractivity contribution < 1.29 is 9.59 Å². The zero-order valence-electron chi connectivity index (χ0n) is 5.26. The molecule has 1 aliphatic rings. The van der Waals surface area contributed by atoms with E-state index in [9.17, 15) is 9.59 Å². The summed E-state index contributed by atoms with van der Waals surface area (Å²) < 4.78 is 0. The summed E-state index contributed by atoms with van der Waals surface area (Å²) in [6, 6.07) is 0. The van der Waals surface area contributed by atoms with E-state index in [4.69, 9.17) is 5.73 Å². The van der Waals surface area contributed by atoms with Crippen molar-refractivity contribution in [1.82, 2.24) is 0 Å². The Morgan fingerprint density at radius 3 is 2.11 bits per heavy atom. The van der Waals surface area contributed by atoms with E-state index in [0.717, 1.165) is 0 Å². The molecule has 2 atom stereocenters. The normalized spacial score (nSPS) is 31.7. The maximum Gasteiger partial charge on any atom is 0.221 e. The smallest absolute Gasteiger partial charge is 0.221 e. The van der Waals surface area contributed by atoms with Crippen molar-refractivity contribution >= 4 is 11.7 Å². The number of Topliss-reactive ketones (excluding diaryl/α,β-unsaturated/α-hetero) is 1. The molecule has 1 aliphatic carbocycles. The van der Waals surface area contributed by atoms with Crippen LogP contribution in [0.5, 0.6) is 0 Å². The van der Waals surface area contributed by atoms with Gasteiger partial charge < -0.3 is 5.73 Å². The van der Waals surface area contributed by atoms with Crippen molar-refractivity contribution in [3.05, 3.63) is 0 Å². The highest BCUT2D eigenvalue weighted by Gasteiger charge is 2.44. The highest BCUT2D eigenvalue weighted by Crippen LogP contribution is 2.38. The van der Waals surface area contributed by atoms with Crippen LogP contribution < -0.4 is 5.73 Å². The molecule has 1 rings (SSSR count). The SMILES string of the molecule is CC(=O)C1C[C@@H]1C(N)=O. The summed E-state index contributed by atoms with van der Waals surface area (Å²) in [6.07, 6.45) is 0.671. The van der Waals surface area contributed by atoms with Gasteiger partial charge in [0.2, 0.25) is 5.91 Å². The Kier molecular flexibility index (Phi) is 1.27. The summed E-state index contributed by atoms with van der Waals surface area (Å²) in [6.45, 7) is 1.49. The number of ketones is 1. The molecule has 1 amide bonds. The van der Waals surface area contributed by atoms with Crippen LogP contribution >= 0.6 is 0 Å². The van der Waals surface area contributed by atoms with Gasteiger partial charge in [-0.25, -0.2) is 0 Å². The highest BCUT2D eigenvalue weighted by molar-refractivity contribution is 5.91. The second-order valence-electron chi connectivity index (χ2n) is 2.46. The molecular weight excluding hydrogens is 118 g/mol. The van der Waals surface area contributed by atoms with Gasteiger partial charge in [0.05, 0.1) is 0 Å². The number of nitrogens with two attached hydrogens (primary N) is 1. The first-order chi connectivity index (χ1) is 4.13. The van der Waals surface area contributed by atoms with E-state index in [0.29, 0.717) is 6.42 Å². The summed E-state index contributed by atoms with van der Waals surface area (Å²) in [7, 11) is 0. The minimum absolute atomic E-state index is 0.0532. The van der Waals surface area contributed by atoms with E-state index in [1.54, 1.807) is 0 Å². The molecule has 3 nitrogen and oxygen atoms in total. The molecule has 0 bridgehead atoms. The number of carbonyl (C=O) groups excluding carboxylic acids is 2. The third-order valence-electron chi connectivity index (χ3n) is 1.68. The zero-order chi connectivity index (χ0) is 7.02. The second-order valence-corrected chi connectivity index (χ2v) is 2.46. The van der Waals surface area contributed by atoms with Crippen LogP contribution in [0.3, 0.4) is 0 Å². The quantitative estimate of drug-likeness (QED) is 0.553. The number of hydrogen-bond acceptors (Lipinski definition) is 2. The van der Waals surface area contributed by atoms with Gasteiger partial charge in [0.25, 0.3) is 0 Å². The molecule has 0 spiro atoms. The average Bonchev–Trinajstić information content (AvgIpc) is 2.39. The lowest BCUT2D eigenvalue weighted by Gasteiger charge is -1.86. The molecule has 1 unspecified atom stereocenters. The Balaban J connectivity index is 2.42. The van der Waals surface area contributed by atoms with E-state index in [-0.39, 0.29) is 23.5 Å². The first-order valence-electron chi connectivity index (χ1n) is 2.92. The summed E-state index contributed by atoms with van der Waals surface area (Å²) in [5.41, 5.74) is 4.93. The standard InChI is InChI=1S/C6H9NO2/c1-3(8)4-2-5(4)6(7)9/h4-5H,2H2,1H3,(H2,7,9)/t4?,5-/m0/s1. The van der Waals surface area contributed by atoms with Crippen molar-refractivity contribution in [2.24, 2.45) is 17.6 Å². The molecule has 0 heterocycles. The minimum Gasteiger partial charge on any atom is -0.369 e. The van der Waals surface area contributed by atoms with Crippen LogP contribution in [0.1, 0.15) is 13.3 Å². The van der Waals surface area contributed by atoms with Crippen molar-refractivity contribution in [3.63, 3.8) is 0 Å². The van der Waals surface area contributed by atoms with Crippen LogP contribution in [-0.4, -0.2) is 11.7 Å². The molecule has 9 heavy (non-hydrogen) atoms. The van der Waals surface area contributed by atoms with Gasteiger partial charge in [0.15, 0.2) is 0 Å². The van der Waals surface area contributed by atoms with Gasteiger partial charge in [0, 0.05) is 11.8 Å². The molecule has 0 radical (unpaired) electrons. The summed E-state index contributed by atoms with van der Waals surface area (Å²) in [4.78, 5) is 20.9. The Bertz CT molecular complexity index is 146. The molecule has 0 aromatic carbocycles. The number of carbonyl (C=O) groups is 2. The molecular formula is C6H9NO2. The van der Waals surface area contributed by atoms with Crippen LogP contribution in [0, 0.1) is 11.8 Å². The predicted octanol–water partition coefficient (Wildman–Crippen LogP) is -0.303. The van der Waals surface area contributed by atoms with Gasteiger partial charge in [0.1, 0.15) is 5.78 Å². The largest absolute Gasteiger partial charge is 0.369 e. The molecule has 0 saturated heterocycles. The molecule has 50 valence electrons. The van der Waals surface area contributed by atoms with E-state index in [1.165, 1.54) is 6.92 Å². The maximum absolute atomic E-state index is 10.5. The monoisotopic (exact) mass is 127 g/mol. The fourth-order valence-corrected chi connectivity index (χ4v) is 0.959. The van der Waals surface area contributed by atoms with E-state index < -0.39 is 0 Å². The van der Waals surface area contributed by atoms with E-state index in [2.05, 4.69) is 0 Å². The topological polar surface area (TPSA) is 60.2 Å². The van der Waals surface area contributed by atoms with Crippen molar-refractivity contribution in [1.29, 1.82) is 0 Å². The summed E-state index contributed by atoms with van der Waals surface area (Å²) in [5.74, 6) is -0.459. The van der Waals surface area contributed by atoms with Crippen molar-refractivity contribution in [2.45, 2.75) is 13.3 Å². The van der Waals surface area contributed by atoms with E-state index in [1.807, 2.05) is 0 Å². The van der Waals surface area contributed by atoms with Gasteiger partial charge in [-0.1, -0.05) is 0 Å². The first-order valence-corrected chi connectivity index (χ1v) is 2.92. The lowest BCUT2D eigenvalue weighted by molar-refractivity contribution is -0.123. The molecule has 0 aliphatic heterocycles. The number of hydrogen-bond donors (Lipinski definition) is 1. The first kappa shape index (κ1) is 6.26. The summed E-state index contributed by atoms with van der Waals surface area (Å²) >= 11 is 0. The molecule has 2 N–H and O–H groups in total. The van der Waals surface area contributed by atoms with Crippen LogP contribution in [-0.2, 0) is 9.59 Å².